The maximum Gasteiger partial charge on any atom is 0.194 e. The van der Waals surface area contributed by atoms with Gasteiger partial charge in [-0.25, -0.2) is 0 Å². The molecule has 0 saturated carbocycles. The highest BCUT2D eigenvalue weighted by Gasteiger charge is 2.34. The number of aliphatic hydroxyl groups excluding tert-OH is 2. The number of carbonyl (C=O) groups excluding carboxylic acids is 1. The normalized spacial score (nSPS) is 15.6. The molecule has 148 valence electrons. The van der Waals surface area contributed by atoms with Gasteiger partial charge in [-0.3, -0.25) is 4.79 Å². The van der Waals surface area contributed by atoms with Crippen LogP contribution >= 0.6 is 11.8 Å². The Morgan fingerprint density at radius 3 is 1.76 bits per heavy atom. The van der Waals surface area contributed by atoms with Gasteiger partial charge in [-0.15, -0.1) is 0 Å². The summed E-state index contributed by atoms with van der Waals surface area (Å²) in [5, 5.41) is 18.4. The van der Waals surface area contributed by atoms with Crippen LogP contribution in [0.4, 0.5) is 0 Å². The van der Waals surface area contributed by atoms with E-state index in [-0.39, 0.29) is 33.7 Å². The van der Waals surface area contributed by atoms with Crippen LogP contribution in [-0.4, -0.2) is 33.8 Å². The first-order valence-electron chi connectivity index (χ1n) is 9.16. The minimum absolute atomic E-state index is 0.0652. The van der Waals surface area contributed by atoms with Crippen molar-refractivity contribution in [3.05, 3.63) is 12.2 Å². The number of hydrogen-bond acceptors (Lipinski definition) is 4. The third kappa shape index (κ3) is 11.1. The molecule has 0 aromatic heterocycles. The zero-order chi connectivity index (χ0) is 20.1. The fourth-order valence-corrected chi connectivity index (χ4v) is 4.48. The first-order valence-corrected chi connectivity index (χ1v) is 10.1. The minimum atomic E-state index is -0.837. The van der Waals surface area contributed by atoms with Crippen molar-refractivity contribution >= 4 is 16.9 Å². The van der Waals surface area contributed by atoms with Crippen LogP contribution in [0.2, 0.25) is 0 Å². The first kappa shape index (κ1) is 24.7. The van der Waals surface area contributed by atoms with E-state index >= 15 is 0 Å². The molecule has 0 aliphatic heterocycles. The fourth-order valence-electron chi connectivity index (χ4n) is 3.57. The Bertz CT molecular complexity index is 456. The summed E-state index contributed by atoms with van der Waals surface area (Å²) in [5.74, 6) is 0.244. The Hall–Kier alpha value is -0.320. The predicted octanol–water partition coefficient (Wildman–Crippen LogP) is 5.06. The van der Waals surface area contributed by atoms with E-state index in [2.05, 4.69) is 60.6 Å². The summed E-state index contributed by atoms with van der Waals surface area (Å²) in [6.07, 6.45) is 5.55. The van der Waals surface area contributed by atoms with E-state index in [0.717, 1.165) is 24.6 Å². The molecule has 0 aliphatic rings. The summed E-state index contributed by atoms with van der Waals surface area (Å²) in [5.41, 5.74) is -0.187. The van der Waals surface area contributed by atoms with Gasteiger partial charge in [-0.2, -0.15) is 0 Å². The van der Waals surface area contributed by atoms with Gasteiger partial charge in [0.2, 0.25) is 0 Å². The van der Waals surface area contributed by atoms with Crippen molar-refractivity contribution in [2.45, 2.75) is 81.3 Å². The fraction of sp³-hybridized carbons (Fsp3) is 0.857. The molecule has 0 rings (SSSR count). The van der Waals surface area contributed by atoms with E-state index in [1.54, 1.807) is 0 Å². The molecule has 0 aromatic rings. The van der Waals surface area contributed by atoms with Gasteiger partial charge in [0.25, 0.3) is 0 Å². The van der Waals surface area contributed by atoms with Crippen LogP contribution in [0.25, 0.3) is 0 Å². The monoisotopic (exact) mass is 372 g/mol. The Kier molecular flexibility index (Phi) is 8.94. The summed E-state index contributed by atoms with van der Waals surface area (Å²) in [4.78, 5) is 12.5. The molecule has 1 atom stereocenters. The van der Waals surface area contributed by atoms with Crippen molar-refractivity contribution in [2.24, 2.45) is 21.7 Å². The highest BCUT2D eigenvalue weighted by atomic mass is 32.2. The van der Waals surface area contributed by atoms with Crippen LogP contribution < -0.4 is 0 Å². The Morgan fingerprint density at radius 1 is 0.920 bits per heavy atom. The van der Waals surface area contributed by atoms with E-state index in [1.165, 1.54) is 0 Å². The van der Waals surface area contributed by atoms with Crippen molar-refractivity contribution in [1.29, 1.82) is 0 Å². The average Bonchev–Trinajstić information content (AvgIpc) is 2.38. The SMILES string of the molecule is CC(C)(C)CC(C)(C)C=CC(C)(C)CC(C)(C)C(=O)SCC(O)CO. The Labute approximate surface area is 159 Å². The number of thioether (sulfide) groups is 1. The molecule has 0 saturated heterocycles. The topological polar surface area (TPSA) is 57.5 Å². The number of hydrogen-bond donors (Lipinski definition) is 2. The zero-order valence-electron chi connectivity index (χ0n) is 17.8. The highest BCUT2D eigenvalue weighted by molar-refractivity contribution is 8.13. The maximum absolute atomic E-state index is 12.5. The number of aliphatic hydroxyl groups is 2. The molecule has 0 heterocycles. The summed E-state index contributed by atoms with van der Waals surface area (Å²) in [6.45, 7) is 19.2. The first-order chi connectivity index (χ1) is 11.0. The summed E-state index contributed by atoms with van der Waals surface area (Å²) in [7, 11) is 0. The molecule has 0 aliphatic carbocycles. The molecule has 0 fully saturated rings. The second-order valence-electron chi connectivity index (χ2n) is 10.5. The molecule has 1 unspecified atom stereocenters. The van der Waals surface area contributed by atoms with Crippen molar-refractivity contribution in [3.63, 3.8) is 0 Å². The van der Waals surface area contributed by atoms with E-state index in [1.807, 2.05) is 13.8 Å². The van der Waals surface area contributed by atoms with Crippen LogP contribution in [0.5, 0.6) is 0 Å². The smallest absolute Gasteiger partial charge is 0.194 e. The van der Waals surface area contributed by atoms with Gasteiger partial charge in [0.05, 0.1) is 12.7 Å². The third-order valence-electron chi connectivity index (χ3n) is 4.04. The van der Waals surface area contributed by atoms with Crippen LogP contribution in [0.3, 0.4) is 0 Å². The summed E-state index contributed by atoms with van der Waals surface area (Å²) in [6, 6.07) is 0. The molecule has 0 spiro atoms. The maximum atomic E-state index is 12.5. The van der Waals surface area contributed by atoms with Gasteiger partial charge in [0.15, 0.2) is 5.12 Å². The van der Waals surface area contributed by atoms with Crippen molar-refractivity contribution < 1.29 is 15.0 Å². The number of carbonyl (C=O) groups is 1. The summed E-state index contributed by atoms with van der Waals surface area (Å²) < 4.78 is 0. The number of rotatable bonds is 9. The van der Waals surface area contributed by atoms with Crippen LogP contribution in [0.1, 0.15) is 75.2 Å². The zero-order valence-corrected chi connectivity index (χ0v) is 18.6. The lowest BCUT2D eigenvalue weighted by molar-refractivity contribution is -0.119. The average molecular weight is 373 g/mol. The second kappa shape index (κ2) is 9.05. The van der Waals surface area contributed by atoms with Crippen LogP contribution in [0.15, 0.2) is 12.2 Å². The minimum Gasteiger partial charge on any atom is -0.394 e. The molecular formula is C21H40O3S. The van der Waals surface area contributed by atoms with Crippen molar-refractivity contribution in [2.75, 3.05) is 12.4 Å². The molecule has 0 radical (unpaired) electrons. The Morgan fingerprint density at radius 2 is 1.36 bits per heavy atom. The largest absolute Gasteiger partial charge is 0.394 e. The van der Waals surface area contributed by atoms with E-state index in [9.17, 15) is 9.90 Å². The lowest BCUT2D eigenvalue weighted by Gasteiger charge is -2.34. The quantitative estimate of drug-likeness (QED) is 0.555. The Balaban J connectivity index is 4.92. The standard InChI is InChI=1S/C21H40O3S/c1-18(2,3)14-19(4,5)10-11-20(6,7)15-21(8,9)17(24)25-13-16(23)12-22/h10-11,16,22-23H,12-15H2,1-9H3. The molecule has 2 N–H and O–H groups in total. The molecule has 0 aromatic carbocycles. The molecule has 0 amide bonds. The lowest BCUT2D eigenvalue weighted by atomic mass is 9.72. The van der Waals surface area contributed by atoms with Gasteiger partial charge in [0.1, 0.15) is 0 Å². The van der Waals surface area contributed by atoms with Gasteiger partial charge in [-0.05, 0) is 29.1 Å². The van der Waals surface area contributed by atoms with Gasteiger partial charge >= 0.3 is 0 Å². The van der Waals surface area contributed by atoms with Gasteiger partial charge < -0.3 is 10.2 Å². The molecule has 0 bridgehead atoms. The van der Waals surface area contributed by atoms with E-state index < -0.39 is 11.5 Å². The number of allylic oxidation sites excluding steroid dienone is 2. The molecular weight excluding hydrogens is 332 g/mol. The van der Waals surface area contributed by atoms with Crippen molar-refractivity contribution in [3.8, 4) is 0 Å². The summed E-state index contributed by atoms with van der Waals surface area (Å²) >= 11 is 1.12. The van der Waals surface area contributed by atoms with E-state index in [4.69, 9.17) is 5.11 Å². The lowest BCUT2D eigenvalue weighted by Crippen LogP contribution is -2.30. The van der Waals surface area contributed by atoms with Crippen molar-refractivity contribution in [1.82, 2.24) is 0 Å². The molecule has 3 nitrogen and oxygen atoms in total. The van der Waals surface area contributed by atoms with Gasteiger partial charge in [0, 0.05) is 11.2 Å². The van der Waals surface area contributed by atoms with Crippen LogP contribution in [0, 0.1) is 21.7 Å². The highest BCUT2D eigenvalue weighted by Crippen LogP contribution is 2.40. The van der Waals surface area contributed by atoms with Crippen LogP contribution in [-0.2, 0) is 4.79 Å². The molecule has 25 heavy (non-hydrogen) atoms. The molecule has 4 heteroatoms. The third-order valence-corrected chi connectivity index (χ3v) is 5.41. The van der Waals surface area contributed by atoms with E-state index in [0.29, 0.717) is 0 Å². The second-order valence-corrected chi connectivity index (χ2v) is 11.5. The van der Waals surface area contributed by atoms with Gasteiger partial charge in [-0.1, -0.05) is 86.2 Å². The predicted molar refractivity (Wildman–Crippen MR) is 110 cm³/mol.